The number of halogens is 1. The van der Waals surface area contributed by atoms with Gasteiger partial charge in [-0.25, -0.2) is 4.90 Å². The van der Waals surface area contributed by atoms with Gasteiger partial charge in [0.1, 0.15) is 0 Å². The van der Waals surface area contributed by atoms with Gasteiger partial charge in [0.2, 0.25) is 11.8 Å². The van der Waals surface area contributed by atoms with Crippen LogP contribution in [0.3, 0.4) is 0 Å². The van der Waals surface area contributed by atoms with Gasteiger partial charge in [0, 0.05) is 5.02 Å². The highest BCUT2D eigenvalue weighted by atomic mass is 35.5. The van der Waals surface area contributed by atoms with Crippen molar-refractivity contribution >= 4 is 46.0 Å². The SMILES string of the molecule is O=C1[C@H]2[C@H](C(=O)N1c1cccc(Cl)c1)[C@@]1(c3ccccc3)C(=O)[C@@]2(c2ccccc2)C(c2ccccc2)=C1c1ccccc1. The Kier molecular flexibility index (Phi) is 5.87. The molecule has 0 radical (unpaired) electrons. The number of carbonyl (C=O) groups excluding carboxylic acids is 3. The number of ketones is 1. The second-order valence-corrected chi connectivity index (χ2v) is 12.0. The number of amides is 2. The summed E-state index contributed by atoms with van der Waals surface area (Å²) in [4.78, 5) is 46.9. The summed E-state index contributed by atoms with van der Waals surface area (Å²) in [5.41, 5.74) is 2.22. The number of Topliss-reactive ketones (excluding diaryl/α,β-unsaturated/α-hetero) is 1. The largest absolute Gasteiger partial charge is 0.297 e. The average molecular weight is 592 g/mol. The summed E-state index contributed by atoms with van der Waals surface area (Å²) in [5, 5.41) is 0.419. The van der Waals surface area contributed by atoms with Crippen molar-refractivity contribution in [3.8, 4) is 0 Å². The maximum atomic E-state index is 15.8. The molecule has 1 saturated carbocycles. The lowest BCUT2D eigenvalue weighted by atomic mass is 9.59. The second-order valence-electron chi connectivity index (χ2n) is 11.6. The fourth-order valence-corrected chi connectivity index (χ4v) is 8.39. The summed E-state index contributed by atoms with van der Waals surface area (Å²) in [6.45, 7) is 0. The Bertz CT molecular complexity index is 1870. The average Bonchev–Trinajstić information content (AvgIpc) is 3.58. The lowest BCUT2D eigenvalue weighted by Crippen LogP contribution is -2.45. The van der Waals surface area contributed by atoms with Crippen LogP contribution in [0.25, 0.3) is 11.1 Å². The van der Waals surface area contributed by atoms with Gasteiger partial charge in [0.25, 0.3) is 0 Å². The molecule has 5 aromatic carbocycles. The molecule has 4 atom stereocenters. The summed E-state index contributed by atoms with van der Waals surface area (Å²) >= 11 is 6.37. The molecule has 2 fully saturated rings. The predicted molar refractivity (Wildman–Crippen MR) is 172 cm³/mol. The molecule has 44 heavy (non-hydrogen) atoms. The summed E-state index contributed by atoms with van der Waals surface area (Å²) < 4.78 is 0. The summed E-state index contributed by atoms with van der Waals surface area (Å²) in [6, 6.07) is 45.6. The monoisotopic (exact) mass is 591 g/mol. The van der Waals surface area contributed by atoms with E-state index >= 15 is 4.79 Å². The van der Waals surface area contributed by atoms with Crippen LogP contribution in [0.4, 0.5) is 5.69 Å². The standard InChI is InChI=1S/C39H26ClNO3/c40-29-22-13-23-30(24-29)41-35(42)33-34(36(41)43)39(28-20-11-4-12-21-28)32(26-16-7-2-8-17-26)31(25-14-5-1-6-15-25)38(33,37(39)44)27-18-9-3-10-19-27/h1-24,33-34H/t33-,34-,38+,39+/m1/s1. The molecule has 4 nitrogen and oxygen atoms in total. The number of hydrogen-bond donors (Lipinski definition) is 0. The molecule has 0 aromatic heterocycles. The molecule has 5 aromatic rings. The quantitative estimate of drug-likeness (QED) is 0.199. The zero-order chi connectivity index (χ0) is 30.1. The third kappa shape index (κ3) is 3.26. The van der Waals surface area contributed by atoms with Crippen LogP contribution in [0.5, 0.6) is 0 Å². The Labute approximate surface area is 260 Å². The number of rotatable bonds is 5. The number of nitrogens with zero attached hydrogens (tertiary/aromatic N) is 1. The van der Waals surface area contributed by atoms with Crippen LogP contribution in [0.15, 0.2) is 146 Å². The van der Waals surface area contributed by atoms with Gasteiger partial charge in [-0.2, -0.15) is 0 Å². The van der Waals surface area contributed by atoms with Crippen molar-refractivity contribution in [2.45, 2.75) is 10.8 Å². The fraction of sp³-hybridized carbons (Fsp3) is 0.103. The molecule has 0 unspecified atom stereocenters. The van der Waals surface area contributed by atoms with E-state index in [1.54, 1.807) is 24.3 Å². The van der Waals surface area contributed by atoms with Gasteiger partial charge in [-0.3, -0.25) is 14.4 Å². The third-order valence-corrected chi connectivity index (χ3v) is 9.88. The highest BCUT2D eigenvalue weighted by Crippen LogP contribution is 2.74. The number of allylic oxidation sites excluding steroid dienone is 2. The van der Waals surface area contributed by atoms with Gasteiger partial charge in [-0.05, 0) is 51.6 Å². The Morgan fingerprint density at radius 2 is 0.909 bits per heavy atom. The molecular formula is C39H26ClNO3. The third-order valence-electron chi connectivity index (χ3n) is 9.64. The number of hydrogen-bond acceptors (Lipinski definition) is 3. The smallest absolute Gasteiger partial charge is 0.239 e. The first-order valence-corrected chi connectivity index (χ1v) is 15.1. The lowest BCUT2D eigenvalue weighted by Gasteiger charge is -2.39. The van der Waals surface area contributed by atoms with E-state index in [0.717, 1.165) is 22.3 Å². The molecule has 1 saturated heterocycles. The van der Waals surface area contributed by atoms with Crippen LogP contribution in [-0.4, -0.2) is 17.6 Å². The van der Waals surface area contributed by atoms with Gasteiger partial charge in [-0.15, -0.1) is 0 Å². The molecule has 2 aliphatic carbocycles. The first-order valence-electron chi connectivity index (χ1n) is 14.7. The van der Waals surface area contributed by atoms with Gasteiger partial charge in [-0.1, -0.05) is 139 Å². The number of carbonyl (C=O) groups is 3. The molecule has 212 valence electrons. The molecule has 5 heteroatoms. The molecule has 2 amide bonds. The van der Waals surface area contributed by atoms with E-state index in [1.807, 2.05) is 121 Å². The van der Waals surface area contributed by atoms with Gasteiger partial charge < -0.3 is 0 Å². The molecule has 0 N–H and O–H groups in total. The molecule has 1 heterocycles. The van der Waals surface area contributed by atoms with Crippen molar-refractivity contribution in [1.29, 1.82) is 0 Å². The van der Waals surface area contributed by atoms with Crippen LogP contribution in [-0.2, 0) is 25.2 Å². The molecular weight excluding hydrogens is 566 g/mol. The Morgan fingerprint density at radius 3 is 1.32 bits per heavy atom. The van der Waals surface area contributed by atoms with Crippen molar-refractivity contribution in [3.05, 3.63) is 173 Å². The van der Waals surface area contributed by atoms with E-state index in [2.05, 4.69) is 0 Å². The Hall–Kier alpha value is -5.06. The van der Waals surface area contributed by atoms with E-state index in [1.165, 1.54) is 4.90 Å². The van der Waals surface area contributed by atoms with Crippen molar-refractivity contribution in [3.63, 3.8) is 0 Å². The van der Waals surface area contributed by atoms with Crippen LogP contribution >= 0.6 is 11.6 Å². The van der Waals surface area contributed by atoms with E-state index in [0.29, 0.717) is 21.8 Å². The molecule has 8 rings (SSSR count). The van der Waals surface area contributed by atoms with Crippen LogP contribution in [0.1, 0.15) is 22.3 Å². The van der Waals surface area contributed by atoms with E-state index < -0.39 is 34.5 Å². The summed E-state index contributed by atoms with van der Waals surface area (Å²) in [5.74, 6) is -2.85. The number of anilines is 1. The molecule has 2 bridgehead atoms. The fourth-order valence-electron chi connectivity index (χ4n) is 8.20. The predicted octanol–water partition coefficient (Wildman–Crippen LogP) is 7.53. The zero-order valence-electron chi connectivity index (χ0n) is 23.6. The normalized spacial score (nSPS) is 25.6. The minimum Gasteiger partial charge on any atom is -0.297 e. The van der Waals surface area contributed by atoms with Crippen LogP contribution in [0.2, 0.25) is 5.02 Å². The highest BCUT2D eigenvalue weighted by molar-refractivity contribution is 6.39. The summed E-state index contributed by atoms with van der Waals surface area (Å²) in [6.07, 6.45) is 0. The highest BCUT2D eigenvalue weighted by Gasteiger charge is 2.82. The number of benzene rings is 5. The topological polar surface area (TPSA) is 54.5 Å². The maximum absolute atomic E-state index is 15.8. The first-order chi connectivity index (χ1) is 21.5. The molecule has 1 aliphatic heterocycles. The number of fused-ring (bicyclic) bond motifs is 5. The maximum Gasteiger partial charge on any atom is 0.239 e. The van der Waals surface area contributed by atoms with E-state index in [9.17, 15) is 9.59 Å². The molecule has 0 spiro atoms. The van der Waals surface area contributed by atoms with Crippen LogP contribution < -0.4 is 4.90 Å². The van der Waals surface area contributed by atoms with Crippen molar-refractivity contribution < 1.29 is 14.4 Å². The van der Waals surface area contributed by atoms with Crippen molar-refractivity contribution in [1.82, 2.24) is 0 Å². The van der Waals surface area contributed by atoms with Gasteiger partial charge in [0.05, 0.1) is 28.4 Å². The van der Waals surface area contributed by atoms with Gasteiger partial charge in [0.15, 0.2) is 5.78 Å². The first kappa shape index (κ1) is 26.6. The van der Waals surface area contributed by atoms with Crippen molar-refractivity contribution in [2.24, 2.45) is 11.8 Å². The second kappa shape index (κ2) is 9.73. The lowest BCUT2D eigenvalue weighted by molar-refractivity contribution is -0.130. The van der Waals surface area contributed by atoms with E-state index in [-0.39, 0.29) is 5.78 Å². The Balaban J connectivity index is 1.56. The summed E-state index contributed by atoms with van der Waals surface area (Å²) in [7, 11) is 0. The Morgan fingerprint density at radius 1 is 0.500 bits per heavy atom. The van der Waals surface area contributed by atoms with E-state index in [4.69, 9.17) is 11.6 Å². The van der Waals surface area contributed by atoms with Gasteiger partial charge >= 0.3 is 0 Å². The zero-order valence-corrected chi connectivity index (χ0v) is 24.3. The molecule has 3 aliphatic rings. The van der Waals surface area contributed by atoms with Crippen LogP contribution in [0, 0.1) is 11.8 Å². The number of imide groups is 1. The minimum absolute atomic E-state index is 0.137. The van der Waals surface area contributed by atoms with Crippen molar-refractivity contribution in [2.75, 3.05) is 4.90 Å². The minimum atomic E-state index is -1.42.